The zero-order chi connectivity index (χ0) is 28.3. The van der Waals surface area contributed by atoms with Gasteiger partial charge in [0.25, 0.3) is 0 Å². The molecule has 0 saturated heterocycles. The maximum absolute atomic E-state index is 5.15. The Balaban J connectivity index is 1.13. The largest absolute Gasteiger partial charge is 0.284 e. The van der Waals surface area contributed by atoms with Crippen LogP contribution < -0.4 is 0 Å². The SMILES string of the molecule is c1cc(-c2ccc(-c3nc4c(nc5ccccn54)c4ccccc34)cc2)cc(-c2ccc3ccc4cccnc4c3n2)c1. The molecular formula is C38H23N5. The molecule has 0 radical (unpaired) electrons. The minimum Gasteiger partial charge on any atom is -0.284 e. The number of pyridine rings is 4. The Morgan fingerprint density at radius 2 is 1.23 bits per heavy atom. The molecule has 9 rings (SSSR count). The molecule has 0 aliphatic heterocycles. The molecule has 9 aromatic rings. The molecule has 4 aromatic carbocycles. The normalized spacial score (nSPS) is 11.7. The molecule has 0 fully saturated rings. The topological polar surface area (TPSA) is 56.0 Å². The molecule has 0 saturated carbocycles. The van der Waals surface area contributed by atoms with Gasteiger partial charge in [0.15, 0.2) is 5.65 Å². The molecule has 5 aromatic heterocycles. The van der Waals surface area contributed by atoms with Gasteiger partial charge < -0.3 is 0 Å². The van der Waals surface area contributed by atoms with E-state index in [-0.39, 0.29) is 0 Å². The van der Waals surface area contributed by atoms with Crippen LogP contribution in [0, 0.1) is 0 Å². The minimum absolute atomic E-state index is 0.868. The smallest absolute Gasteiger partial charge is 0.165 e. The zero-order valence-electron chi connectivity index (χ0n) is 23.0. The van der Waals surface area contributed by atoms with Gasteiger partial charge in [-0.1, -0.05) is 97.1 Å². The third-order valence-corrected chi connectivity index (χ3v) is 8.24. The number of hydrogen-bond acceptors (Lipinski definition) is 4. The molecule has 0 N–H and O–H groups in total. The van der Waals surface area contributed by atoms with Crippen LogP contribution in [0.5, 0.6) is 0 Å². The van der Waals surface area contributed by atoms with Gasteiger partial charge >= 0.3 is 0 Å². The molecule has 200 valence electrons. The number of imidazole rings is 1. The first-order chi connectivity index (χ1) is 21.3. The summed E-state index contributed by atoms with van der Waals surface area (Å²) in [5, 5.41) is 4.38. The molecule has 5 nitrogen and oxygen atoms in total. The van der Waals surface area contributed by atoms with Crippen LogP contribution in [0.3, 0.4) is 0 Å². The summed E-state index contributed by atoms with van der Waals surface area (Å²) in [6.45, 7) is 0. The van der Waals surface area contributed by atoms with Crippen LogP contribution in [-0.2, 0) is 0 Å². The lowest BCUT2D eigenvalue weighted by atomic mass is 9.98. The first-order valence-electron chi connectivity index (χ1n) is 14.3. The molecular weight excluding hydrogens is 526 g/mol. The summed E-state index contributed by atoms with van der Waals surface area (Å²) in [5.74, 6) is 0. The number of fused-ring (bicyclic) bond motifs is 8. The molecule has 0 spiro atoms. The lowest BCUT2D eigenvalue weighted by Crippen LogP contribution is -1.92. The molecule has 5 heterocycles. The van der Waals surface area contributed by atoms with Crippen LogP contribution in [0.15, 0.2) is 140 Å². The Labute approximate surface area is 246 Å². The van der Waals surface area contributed by atoms with E-state index in [0.29, 0.717) is 0 Å². The average molecular weight is 550 g/mol. The molecule has 0 aliphatic rings. The van der Waals surface area contributed by atoms with Crippen molar-refractivity contribution < 1.29 is 0 Å². The van der Waals surface area contributed by atoms with E-state index in [2.05, 4.69) is 113 Å². The quantitative estimate of drug-likeness (QED) is 0.206. The molecule has 0 aliphatic carbocycles. The van der Waals surface area contributed by atoms with Gasteiger partial charge in [0.05, 0.1) is 22.4 Å². The van der Waals surface area contributed by atoms with Crippen LogP contribution in [-0.4, -0.2) is 24.3 Å². The third kappa shape index (κ3) is 3.79. The van der Waals surface area contributed by atoms with Gasteiger partial charge in [0.1, 0.15) is 11.2 Å². The predicted molar refractivity (Wildman–Crippen MR) is 175 cm³/mol. The lowest BCUT2D eigenvalue weighted by molar-refractivity contribution is 1.19. The van der Waals surface area contributed by atoms with E-state index in [9.17, 15) is 0 Å². The number of aromatic nitrogens is 5. The van der Waals surface area contributed by atoms with E-state index < -0.39 is 0 Å². The van der Waals surface area contributed by atoms with Crippen molar-refractivity contribution in [3.63, 3.8) is 0 Å². The van der Waals surface area contributed by atoms with Gasteiger partial charge in [-0.3, -0.25) is 9.38 Å². The van der Waals surface area contributed by atoms with Gasteiger partial charge in [0.2, 0.25) is 0 Å². The first kappa shape index (κ1) is 23.7. The third-order valence-electron chi connectivity index (χ3n) is 8.24. The van der Waals surface area contributed by atoms with E-state index in [1.807, 2.05) is 36.7 Å². The standard InChI is InChI=1S/C38H23N5/c1-2-11-31-30(10-1)34(42-38-37(31)41-33-12-3-4-22-43(33)38)26-15-13-24(14-16-26)28-7-5-8-29(23-28)32-20-19-27-18-17-25-9-6-21-39-35(25)36(27)40-32/h1-23H. The van der Waals surface area contributed by atoms with Gasteiger partial charge in [-0.2, -0.15) is 0 Å². The number of hydrogen-bond donors (Lipinski definition) is 0. The van der Waals surface area contributed by atoms with E-state index in [4.69, 9.17) is 15.0 Å². The molecule has 0 bridgehead atoms. The van der Waals surface area contributed by atoms with Crippen LogP contribution in [0.1, 0.15) is 0 Å². The highest BCUT2D eigenvalue weighted by Gasteiger charge is 2.15. The maximum Gasteiger partial charge on any atom is 0.165 e. The van der Waals surface area contributed by atoms with Crippen molar-refractivity contribution in [1.82, 2.24) is 24.3 Å². The van der Waals surface area contributed by atoms with Gasteiger partial charge in [-0.25, -0.2) is 15.0 Å². The number of nitrogens with zero attached hydrogens (tertiary/aromatic N) is 5. The van der Waals surface area contributed by atoms with Gasteiger partial charge in [0, 0.05) is 45.1 Å². The van der Waals surface area contributed by atoms with E-state index in [1.165, 1.54) is 0 Å². The summed E-state index contributed by atoms with van der Waals surface area (Å²) >= 11 is 0. The predicted octanol–water partition coefficient (Wildman–Crippen LogP) is 9.13. The van der Waals surface area contributed by atoms with Crippen LogP contribution >= 0.6 is 0 Å². The Kier molecular flexibility index (Phi) is 5.13. The number of benzene rings is 4. The Morgan fingerprint density at radius 3 is 2.14 bits per heavy atom. The summed E-state index contributed by atoms with van der Waals surface area (Å²) in [6.07, 6.45) is 3.85. The summed E-state index contributed by atoms with van der Waals surface area (Å²) in [6, 6.07) is 44.2. The Morgan fingerprint density at radius 1 is 0.465 bits per heavy atom. The zero-order valence-corrected chi connectivity index (χ0v) is 23.0. The van der Waals surface area contributed by atoms with E-state index in [0.717, 1.165) is 83.0 Å². The highest BCUT2D eigenvalue weighted by molar-refractivity contribution is 6.09. The first-order valence-corrected chi connectivity index (χ1v) is 14.3. The fourth-order valence-corrected chi connectivity index (χ4v) is 6.12. The fourth-order valence-electron chi connectivity index (χ4n) is 6.12. The van der Waals surface area contributed by atoms with E-state index >= 15 is 0 Å². The summed E-state index contributed by atoms with van der Waals surface area (Å²) in [4.78, 5) is 19.7. The van der Waals surface area contributed by atoms with Crippen LogP contribution in [0.2, 0.25) is 0 Å². The van der Waals surface area contributed by atoms with Crippen LogP contribution in [0.25, 0.3) is 83.0 Å². The fraction of sp³-hybridized carbons (Fsp3) is 0. The molecule has 43 heavy (non-hydrogen) atoms. The average Bonchev–Trinajstić information content (AvgIpc) is 3.47. The molecule has 0 amide bonds. The highest BCUT2D eigenvalue weighted by atomic mass is 15.1. The Hall–Kier alpha value is -5.94. The van der Waals surface area contributed by atoms with Crippen molar-refractivity contribution in [2.75, 3.05) is 0 Å². The lowest BCUT2D eigenvalue weighted by Gasteiger charge is -2.10. The molecule has 5 heteroatoms. The van der Waals surface area contributed by atoms with Crippen molar-refractivity contribution in [3.8, 4) is 33.6 Å². The Bertz CT molecular complexity index is 2510. The number of rotatable bonds is 3. The van der Waals surface area contributed by atoms with Crippen LogP contribution in [0.4, 0.5) is 0 Å². The van der Waals surface area contributed by atoms with Crippen molar-refractivity contribution in [2.24, 2.45) is 0 Å². The summed E-state index contributed by atoms with van der Waals surface area (Å²) in [7, 11) is 0. The second kappa shape index (κ2) is 9.29. The van der Waals surface area contributed by atoms with Crippen molar-refractivity contribution in [1.29, 1.82) is 0 Å². The van der Waals surface area contributed by atoms with Gasteiger partial charge in [-0.15, -0.1) is 0 Å². The second-order valence-electron chi connectivity index (χ2n) is 10.8. The second-order valence-corrected chi connectivity index (χ2v) is 10.8. The van der Waals surface area contributed by atoms with Crippen molar-refractivity contribution in [3.05, 3.63) is 140 Å². The summed E-state index contributed by atoms with van der Waals surface area (Å²) < 4.78 is 2.06. The van der Waals surface area contributed by atoms with E-state index in [1.54, 1.807) is 0 Å². The van der Waals surface area contributed by atoms with Crippen molar-refractivity contribution >= 4 is 49.4 Å². The maximum atomic E-state index is 5.15. The summed E-state index contributed by atoms with van der Waals surface area (Å²) in [5.41, 5.74) is 10.8. The van der Waals surface area contributed by atoms with Gasteiger partial charge in [-0.05, 0) is 41.5 Å². The molecule has 0 unspecified atom stereocenters. The molecule has 0 atom stereocenters. The monoisotopic (exact) mass is 549 g/mol. The minimum atomic E-state index is 0.868. The van der Waals surface area contributed by atoms with Crippen molar-refractivity contribution in [2.45, 2.75) is 0 Å². The highest BCUT2D eigenvalue weighted by Crippen LogP contribution is 2.34.